The fourth-order valence-corrected chi connectivity index (χ4v) is 4.43. The largest absolute Gasteiger partial charge is 0.378 e. The van der Waals surface area contributed by atoms with Gasteiger partial charge >= 0.3 is 0 Å². The number of morpholine rings is 1. The SMILES string of the molecule is O=C(C1CC=CCC1C(=O)N(Cc1ccccc1)Cc1ccccc1)N1CCOCC1. The molecule has 1 fully saturated rings. The molecular weight excluding hydrogens is 388 g/mol. The first-order chi connectivity index (χ1) is 15.2. The van der Waals surface area contributed by atoms with Crippen LogP contribution in [0, 0.1) is 11.8 Å². The second-order valence-corrected chi connectivity index (χ2v) is 8.26. The lowest BCUT2D eigenvalue weighted by Gasteiger charge is -2.36. The van der Waals surface area contributed by atoms with E-state index in [4.69, 9.17) is 4.74 Å². The number of amides is 2. The summed E-state index contributed by atoms with van der Waals surface area (Å²) in [7, 11) is 0. The lowest BCUT2D eigenvalue weighted by molar-refractivity contribution is -0.149. The van der Waals surface area contributed by atoms with Crippen LogP contribution in [-0.2, 0) is 27.4 Å². The van der Waals surface area contributed by atoms with Crippen molar-refractivity contribution in [3.05, 3.63) is 83.9 Å². The Labute approximate surface area is 184 Å². The van der Waals surface area contributed by atoms with Gasteiger partial charge in [-0.3, -0.25) is 9.59 Å². The average molecular weight is 419 g/mol. The molecule has 1 aliphatic carbocycles. The summed E-state index contributed by atoms with van der Waals surface area (Å²) in [6.45, 7) is 3.43. The van der Waals surface area contributed by atoms with Crippen molar-refractivity contribution in [1.29, 1.82) is 0 Å². The van der Waals surface area contributed by atoms with Crippen LogP contribution in [0.3, 0.4) is 0 Å². The monoisotopic (exact) mass is 418 g/mol. The summed E-state index contributed by atoms with van der Waals surface area (Å²) >= 11 is 0. The Morgan fingerprint density at radius 2 is 1.32 bits per heavy atom. The third kappa shape index (κ3) is 5.42. The highest BCUT2D eigenvalue weighted by Gasteiger charge is 2.38. The second-order valence-electron chi connectivity index (χ2n) is 8.26. The fourth-order valence-electron chi connectivity index (χ4n) is 4.43. The van der Waals surface area contributed by atoms with Crippen molar-refractivity contribution in [3.8, 4) is 0 Å². The number of carbonyl (C=O) groups excluding carboxylic acids is 2. The number of nitrogens with zero attached hydrogens (tertiary/aromatic N) is 2. The number of hydrogen-bond donors (Lipinski definition) is 0. The molecule has 2 unspecified atom stereocenters. The van der Waals surface area contributed by atoms with E-state index in [9.17, 15) is 9.59 Å². The Morgan fingerprint density at radius 1 is 0.806 bits per heavy atom. The minimum absolute atomic E-state index is 0.0589. The van der Waals surface area contributed by atoms with E-state index in [1.165, 1.54) is 0 Å². The zero-order valence-electron chi connectivity index (χ0n) is 17.9. The van der Waals surface area contributed by atoms with Gasteiger partial charge in [0.1, 0.15) is 0 Å². The second kappa shape index (κ2) is 10.4. The van der Waals surface area contributed by atoms with Crippen LogP contribution in [0.1, 0.15) is 24.0 Å². The van der Waals surface area contributed by atoms with Crippen LogP contribution in [-0.4, -0.2) is 47.9 Å². The van der Waals surface area contributed by atoms with Crippen molar-refractivity contribution < 1.29 is 14.3 Å². The van der Waals surface area contributed by atoms with Gasteiger partial charge in [0.2, 0.25) is 11.8 Å². The molecule has 0 saturated carbocycles. The molecular formula is C26H30N2O3. The van der Waals surface area contributed by atoms with E-state index in [1.54, 1.807) is 0 Å². The van der Waals surface area contributed by atoms with Crippen molar-refractivity contribution in [2.45, 2.75) is 25.9 Å². The van der Waals surface area contributed by atoms with Crippen molar-refractivity contribution >= 4 is 11.8 Å². The normalized spacial score (nSPS) is 21.0. The zero-order valence-corrected chi connectivity index (χ0v) is 17.9. The maximum absolute atomic E-state index is 13.8. The molecule has 0 aromatic heterocycles. The summed E-state index contributed by atoms with van der Waals surface area (Å²) in [5, 5.41) is 0. The van der Waals surface area contributed by atoms with E-state index in [0.29, 0.717) is 52.2 Å². The molecule has 4 rings (SSSR count). The number of allylic oxidation sites excluding steroid dienone is 2. The minimum atomic E-state index is -0.326. The molecule has 0 radical (unpaired) electrons. The van der Waals surface area contributed by atoms with E-state index in [0.717, 1.165) is 11.1 Å². The van der Waals surface area contributed by atoms with Gasteiger partial charge in [0.15, 0.2) is 0 Å². The quantitative estimate of drug-likeness (QED) is 0.673. The van der Waals surface area contributed by atoms with Crippen LogP contribution in [0.5, 0.6) is 0 Å². The Hall–Kier alpha value is -2.92. The van der Waals surface area contributed by atoms with Gasteiger partial charge in [-0.05, 0) is 24.0 Å². The molecule has 2 aliphatic rings. The Bertz CT molecular complexity index is 850. The minimum Gasteiger partial charge on any atom is -0.378 e. The van der Waals surface area contributed by atoms with Crippen LogP contribution in [0.25, 0.3) is 0 Å². The first-order valence-corrected chi connectivity index (χ1v) is 11.1. The molecule has 5 nitrogen and oxygen atoms in total. The molecule has 1 heterocycles. The number of benzene rings is 2. The molecule has 1 aliphatic heterocycles. The predicted molar refractivity (Wildman–Crippen MR) is 120 cm³/mol. The highest BCUT2D eigenvalue weighted by molar-refractivity contribution is 5.88. The van der Waals surface area contributed by atoms with Crippen LogP contribution in [0.4, 0.5) is 0 Å². The predicted octanol–water partition coefficient (Wildman–Crippen LogP) is 3.66. The van der Waals surface area contributed by atoms with Gasteiger partial charge in [-0.25, -0.2) is 0 Å². The summed E-state index contributed by atoms with van der Waals surface area (Å²) < 4.78 is 5.40. The zero-order chi connectivity index (χ0) is 21.5. The maximum Gasteiger partial charge on any atom is 0.227 e. The molecule has 0 bridgehead atoms. The summed E-state index contributed by atoms with van der Waals surface area (Å²) in [5.74, 6) is -0.480. The molecule has 0 spiro atoms. The Kier molecular flexibility index (Phi) is 7.15. The Morgan fingerprint density at radius 3 is 1.87 bits per heavy atom. The highest BCUT2D eigenvalue weighted by Crippen LogP contribution is 2.30. The topological polar surface area (TPSA) is 49.9 Å². The van der Waals surface area contributed by atoms with Crippen LogP contribution in [0.15, 0.2) is 72.8 Å². The van der Waals surface area contributed by atoms with Gasteiger partial charge in [0.25, 0.3) is 0 Å². The van der Waals surface area contributed by atoms with E-state index < -0.39 is 0 Å². The van der Waals surface area contributed by atoms with Gasteiger partial charge in [0.05, 0.1) is 25.0 Å². The summed E-state index contributed by atoms with van der Waals surface area (Å²) in [4.78, 5) is 30.9. The summed E-state index contributed by atoms with van der Waals surface area (Å²) in [5.41, 5.74) is 2.18. The third-order valence-corrected chi connectivity index (χ3v) is 6.13. The standard InChI is InChI=1S/C26H30N2O3/c29-25(27-15-17-31-18-16-27)23-13-7-8-14-24(23)26(30)28(19-21-9-3-1-4-10-21)20-22-11-5-2-6-12-22/h1-12,23-24H,13-20H2. The molecule has 162 valence electrons. The van der Waals surface area contributed by atoms with E-state index in [-0.39, 0.29) is 23.7 Å². The van der Waals surface area contributed by atoms with Crippen molar-refractivity contribution in [2.75, 3.05) is 26.3 Å². The number of hydrogen-bond acceptors (Lipinski definition) is 3. The molecule has 2 atom stereocenters. The van der Waals surface area contributed by atoms with E-state index >= 15 is 0 Å². The van der Waals surface area contributed by atoms with Gasteiger partial charge < -0.3 is 14.5 Å². The lowest BCUT2D eigenvalue weighted by atomic mass is 9.80. The van der Waals surface area contributed by atoms with Crippen LogP contribution >= 0.6 is 0 Å². The van der Waals surface area contributed by atoms with Gasteiger partial charge in [-0.1, -0.05) is 72.8 Å². The first-order valence-electron chi connectivity index (χ1n) is 11.1. The van der Waals surface area contributed by atoms with E-state index in [2.05, 4.69) is 6.08 Å². The molecule has 2 aromatic rings. The summed E-state index contributed by atoms with van der Waals surface area (Å²) in [6.07, 6.45) is 5.33. The number of ether oxygens (including phenoxy) is 1. The summed E-state index contributed by atoms with van der Waals surface area (Å²) in [6, 6.07) is 20.1. The first kappa shape index (κ1) is 21.3. The highest BCUT2D eigenvalue weighted by atomic mass is 16.5. The lowest BCUT2D eigenvalue weighted by Crippen LogP contribution is -2.48. The van der Waals surface area contributed by atoms with Crippen molar-refractivity contribution in [3.63, 3.8) is 0 Å². The molecule has 2 aromatic carbocycles. The smallest absolute Gasteiger partial charge is 0.227 e. The fraction of sp³-hybridized carbons (Fsp3) is 0.385. The molecule has 1 saturated heterocycles. The number of rotatable bonds is 6. The Balaban J connectivity index is 1.55. The van der Waals surface area contributed by atoms with Crippen molar-refractivity contribution in [1.82, 2.24) is 9.80 Å². The molecule has 2 amide bonds. The van der Waals surface area contributed by atoms with Gasteiger partial charge in [-0.2, -0.15) is 0 Å². The van der Waals surface area contributed by atoms with Gasteiger partial charge in [-0.15, -0.1) is 0 Å². The molecule has 0 N–H and O–H groups in total. The third-order valence-electron chi connectivity index (χ3n) is 6.13. The van der Waals surface area contributed by atoms with Crippen LogP contribution in [0.2, 0.25) is 0 Å². The van der Waals surface area contributed by atoms with Crippen LogP contribution < -0.4 is 0 Å². The average Bonchev–Trinajstić information content (AvgIpc) is 2.84. The number of carbonyl (C=O) groups is 2. The molecule has 31 heavy (non-hydrogen) atoms. The van der Waals surface area contributed by atoms with E-state index in [1.807, 2.05) is 76.5 Å². The molecule has 5 heteroatoms. The maximum atomic E-state index is 13.8. The van der Waals surface area contributed by atoms with Crippen molar-refractivity contribution in [2.24, 2.45) is 11.8 Å². The van der Waals surface area contributed by atoms with Gasteiger partial charge in [0, 0.05) is 26.2 Å².